The molecule has 2 aromatic carbocycles. The molecule has 3 heteroatoms. The van der Waals surface area contributed by atoms with Crippen LogP contribution in [-0.4, -0.2) is 0 Å². The molecule has 3 nitrogen and oxygen atoms in total. The smallest absolute Gasteiger partial charge is 0.135 e. The van der Waals surface area contributed by atoms with E-state index in [-0.39, 0.29) is 0 Å². The van der Waals surface area contributed by atoms with Gasteiger partial charge in [-0.2, -0.15) is 0 Å². The van der Waals surface area contributed by atoms with E-state index in [4.69, 9.17) is 15.9 Å². The van der Waals surface area contributed by atoms with Crippen molar-refractivity contribution < 1.29 is 4.42 Å². The van der Waals surface area contributed by atoms with Crippen LogP contribution in [0.15, 0.2) is 52.9 Å². The minimum absolute atomic E-state index is 0.761. The topological polar surface area (TPSA) is 65.2 Å². The zero-order valence-electron chi connectivity index (χ0n) is 12.2. The number of nitrogens with two attached hydrogens (primary N) is 2. The van der Waals surface area contributed by atoms with E-state index in [0.717, 1.165) is 45.1 Å². The summed E-state index contributed by atoms with van der Waals surface area (Å²) in [6.45, 7) is 4.06. The van der Waals surface area contributed by atoms with E-state index < -0.39 is 0 Å². The summed E-state index contributed by atoms with van der Waals surface area (Å²) in [4.78, 5) is 0. The average molecular weight is 278 g/mol. The number of anilines is 2. The van der Waals surface area contributed by atoms with E-state index in [2.05, 4.69) is 0 Å². The summed E-state index contributed by atoms with van der Waals surface area (Å²) in [6.07, 6.45) is 0. The molecule has 4 N–H and O–H groups in total. The van der Waals surface area contributed by atoms with Crippen LogP contribution >= 0.6 is 0 Å². The van der Waals surface area contributed by atoms with Gasteiger partial charge in [0.1, 0.15) is 11.5 Å². The van der Waals surface area contributed by atoms with Crippen molar-refractivity contribution in [3.63, 3.8) is 0 Å². The predicted octanol–water partition coefficient (Wildman–Crippen LogP) is 4.39. The first-order chi connectivity index (χ1) is 10.0. The van der Waals surface area contributed by atoms with Crippen LogP contribution in [0.1, 0.15) is 11.1 Å². The summed E-state index contributed by atoms with van der Waals surface area (Å²) in [5.41, 5.74) is 17.4. The Bertz CT molecular complexity index is 737. The second-order valence-corrected chi connectivity index (χ2v) is 5.31. The normalized spacial score (nSPS) is 10.8. The van der Waals surface area contributed by atoms with Crippen LogP contribution in [0.4, 0.5) is 11.4 Å². The van der Waals surface area contributed by atoms with Crippen molar-refractivity contribution in [1.29, 1.82) is 0 Å². The first kappa shape index (κ1) is 13.3. The van der Waals surface area contributed by atoms with Crippen molar-refractivity contribution in [2.45, 2.75) is 13.8 Å². The van der Waals surface area contributed by atoms with Crippen LogP contribution in [0.25, 0.3) is 22.6 Å². The van der Waals surface area contributed by atoms with Gasteiger partial charge in [-0.1, -0.05) is 0 Å². The lowest BCUT2D eigenvalue weighted by atomic mass is 10.1. The lowest BCUT2D eigenvalue weighted by Crippen LogP contribution is -1.88. The van der Waals surface area contributed by atoms with Crippen molar-refractivity contribution >= 4 is 11.4 Å². The third-order valence-corrected chi connectivity index (χ3v) is 3.64. The molecule has 0 saturated carbocycles. The van der Waals surface area contributed by atoms with Crippen LogP contribution in [0, 0.1) is 13.8 Å². The molecule has 0 unspecified atom stereocenters. The molecule has 0 saturated heterocycles. The van der Waals surface area contributed by atoms with Gasteiger partial charge >= 0.3 is 0 Å². The summed E-state index contributed by atoms with van der Waals surface area (Å²) in [5, 5.41) is 0. The Labute approximate surface area is 124 Å². The Balaban J connectivity index is 2.03. The number of nitrogen functional groups attached to an aromatic ring is 2. The number of benzene rings is 2. The largest absolute Gasteiger partial charge is 0.456 e. The zero-order chi connectivity index (χ0) is 15.0. The molecule has 0 atom stereocenters. The van der Waals surface area contributed by atoms with Crippen molar-refractivity contribution in [1.82, 2.24) is 0 Å². The molecule has 1 heterocycles. The van der Waals surface area contributed by atoms with E-state index in [1.807, 2.05) is 62.4 Å². The Morgan fingerprint density at radius 1 is 0.667 bits per heavy atom. The van der Waals surface area contributed by atoms with Gasteiger partial charge in [0.25, 0.3) is 0 Å². The molecule has 0 spiro atoms. The van der Waals surface area contributed by atoms with Crippen LogP contribution in [-0.2, 0) is 0 Å². The summed E-state index contributed by atoms with van der Waals surface area (Å²) >= 11 is 0. The molecule has 0 fully saturated rings. The lowest BCUT2D eigenvalue weighted by molar-refractivity contribution is 0.596. The SMILES string of the molecule is Cc1cc(N)ccc1-c1ccc(-c2ccc(N)cc2C)o1. The van der Waals surface area contributed by atoms with Gasteiger partial charge in [-0.05, 0) is 73.5 Å². The van der Waals surface area contributed by atoms with E-state index in [1.54, 1.807) is 0 Å². The van der Waals surface area contributed by atoms with E-state index >= 15 is 0 Å². The Kier molecular flexibility index (Phi) is 3.18. The highest BCUT2D eigenvalue weighted by atomic mass is 16.3. The average Bonchev–Trinajstić information content (AvgIpc) is 2.87. The molecule has 0 aliphatic carbocycles. The molecular formula is C18H18N2O. The van der Waals surface area contributed by atoms with Crippen LogP contribution in [0.5, 0.6) is 0 Å². The lowest BCUT2D eigenvalue weighted by Gasteiger charge is -2.05. The predicted molar refractivity (Wildman–Crippen MR) is 87.9 cm³/mol. The Morgan fingerprint density at radius 2 is 1.10 bits per heavy atom. The molecular weight excluding hydrogens is 260 g/mol. The molecule has 21 heavy (non-hydrogen) atoms. The quantitative estimate of drug-likeness (QED) is 0.683. The van der Waals surface area contributed by atoms with Crippen molar-refractivity contribution in [2.75, 3.05) is 11.5 Å². The number of furan rings is 1. The molecule has 0 amide bonds. The third-order valence-electron chi connectivity index (χ3n) is 3.64. The minimum atomic E-state index is 0.761. The van der Waals surface area contributed by atoms with Gasteiger partial charge in [-0.3, -0.25) is 0 Å². The van der Waals surface area contributed by atoms with Crippen molar-refractivity contribution in [2.24, 2.45) is 0 Å². The summed E-state index contributed by atoms with van der Waals surface area (Å²) in [5.74, 6) is 1.69. The fraction of sp³-hybridized carbons (Fsp3) is 0.111. The standard InChI is InChI=1S/C18H18N2O/c1-11-9-13(19)3-5-15(11)17-7-8-18(21-17)16-6-4-14(20)10-12(16)2/h3-10H,19-20H2,1-2H3. The minimum Gasteiger partial charge on any atom is -0.456 e. The molecule has 0 radical (unpaired) electrons. The monoisotopic (exact) mass is 278 g/mol. The fourth-order valence-electron chi connectivity index (χ4n) is 2.55. The van der Waals surface area contributed by atoms with Gasteiger partial charge in [-0.25, -0.2) is 0 Å². The van der Waals surface area contributed by atoms with Crippen molar-refractivity contribution in [3.05, 3.63) is 59.7 Å². The van der Waals surface area contributed by atoms with E-state index in [9.17, 15) is 0 Å². The van der Waals surface area contributed by atoms with E-state index in [1.165, 1.54) is 0 Å². The number of rotatable bonds is 2. The highest BCUT2D eigenvalue weighted by molar-refractivity contribution is 5.71. The third kappa shape index (κ3) is 2.50. The molecule has 3 rings (SSSR count). The Morgan fingerprint density at radius 3 is 1.48 bits per heavy atom. The van der Waals surface area contributed by atoms with Gasteiger partial charge in [0, 0.05) is 22.5 Å². The van der Waals surface area contributed by atoms with E-state index in [0.29, 0.717) is 0 Å². The maximum atomic E-state index is 6.02. The van der Waals surface area contributed by atoms with Gasteiger partial charge in [0.05, 0.1) is 0 Å². The molecule has 0 aliphatic rings. The second-order valence-electron chi connectivity index (χ2n) is 5.31. The summed E-state index contributed by atoms with van der Waals surface area (Å²) in [7, 11) is 0. The zero-order valence-corrected chi connectivity index (χ0v) is 12.2. The highest BCUT2D eigenvalue weighted by Crippen LogP contribution is 2.32. The number of aryl methyl sites for hydroxylation is 2. The molecule has 0 bridgehead atoms. The molecule has 0 aliphatic heterocycles. The molecule has 106 valence electrons. The maximum Gasteiger partial charge on any atom is 0.135 e. The maximum absolute atomic E-state index is 6.02. The van der Waals surface area contributed by atoms with Crippen LogP contribution < -0.4 is 11.5 Å². The van der Waals surface area contributed by atoms with Crippen molar-refractivity contribution in [3.8, 4) is 22.6 Å². The second kappa shape index (κ2) is 5.02. The fourth-order valence-corrected chi connectivity index (χ4v) is 2.55. The summed E-state index contributed by atoms with van der Waals surface area (Å²) < 4.78 is 6.02. The van der Waals surface area contributed by atoms with Crippen LogP contribution in [0.2, 0.25) is 0 Å². The molecule has 3 aromatic rings. The van der Waals surface area contributed by atoms with Gasteiger partial charge in [-0.15, -0.1) is 0 Å². The first-order valence-corrected chi connectivity index (χ1v) is 6.87. The van der Waals surface area contributed by atoms with Crippen LogP contribution in [0.3, 0.4) is 0 Å². The number of hydrogen-bond donors (Lipinski definition) is 2. The van der Waals surface area contributed by atoms with Gasteiger partial charge in [0.15, 0.2) is 0 Å². The number of hydrogen-bond acceptors (Lipinski definition) is 3. The first-order valence-electron chi connectivity index (χ1n) is 6.87. The molecule has 1 aromatic heterocycles. The Hall–Kier alpha value is -2.68. The highest BCUT2D eigenvalue weighted by Gasteiger charge is 2.10. The summed E-state index contributed by atoms with van der Waals surface area (Å²) in [6, 6.07) is 15.6. The van der Waals surface area contributed by atoms with Gasteiger partial charge in [0.2, 0.25) is 0 Å². The van der Waals surface area contributed by atoms with Gasteiger partial charge < -0.3 is 15.9 Å².